The van der Waals surface area contributed by atoms with Gasteiger partial charge in [0, 0.05) is 18.2 Å². The van der Waals surface area contributed by atoms with E-state index in [1.807, 2.05) is 29.2 Å². The van der Waals surface area contributed by atoms with E-state index in [4.69, 9.17) is 9.47 Å². The van der Waals surface area contributed by atoms with E-state index in [1.165, 1.54) is 0 Å². The van der Waals surface area contributed by atoms with Gasteiger partial charge in [-0.3, -0.25) is 4.79 Å². The Hall–Kier alpha value is -1.59. The largest absolute Gasteiger partial charge is 0.497 e. The summed E-state index contributed by atoms with van der Waals surface area (Å²) in [6, 6.07) is 7.61. The van der Waals surface area contributed by atoms with E-state index in [-0.39, 0.29) is 18.1 Å². The molecule has 1 amide bonds. The molecule has 114 valence electrons. The SMILES string of the molecule is COc1ccc(N2CC(C)(C3CCNC3)OCC2=O)cc1. The third kappa shape index (κ3) is 2.76. The van der Waals surface area contributed by atoms with Gasteiger partial charge in [-0.05, 0) is 44.2 Å². The third-order valence-electron chi connectivity index (χ3n) is 4.61. The van der Waals surface area contributed by atoms with Crippen LogP contribution in [0.5, 0.6) is 5.75 Å². The van der Waals surface area contributed by atoms with E-state index in [0.29, 0.717) is 12.5 Å². The number of methoxy groups -OCH3 is 1. The van der Waals surface area contributed by atoms with Gasteiger partial charge in [0.15, 0.2) is 0 Å². The molecular weight excluding hydrogens is 268 g/mol. The molecular formula is C16H22N2O3. The lowest BCUT2D eigenvalue weighted by molar-refractivity contribution is -0.142. The van der Waals surface area contributed by atoms with Crippen LogP contribution in [0, 0.1) is 5.92 Å². The van der Waals surface area contributed by atoms with Gasteiger partial charge in [0.05, 0.1) is 19.3 Å². The maximum absolute atomic E-state index is 12.2. The van der Waals surface area contributed by atoms with Gasteiger partial charge in [0.2, 0.25) is 0 Å². The van der Waals surface area contributed by atoms with Crippen molar-refractivity contribution >= 4 is 11.6 Å². The smallest absolute Gasteiger partial charge is 0.253 e. The number of amides is 1. The normalized spacial score (nSPS) is 29.7. The highest BCUT2D eigenvalue weighted by Crippen LogP contribution is 2.33. The molecule has 2 aliphatic heterocycles. The van der Waals surface area contributed by atoms with E-state index < -0.39 is 0 Å². The van der Waals surface area contributed by atoms with Gasteiger partial charge in [-0.2, -0.15) is 0 Å². The zero-order chi connectivity index (χ0) is 14.9. The zero-order valence-corrected chi connectivity index (χ0v) is 12.6. The van der Waals surface area contributed by atoms with Crippen LogP contribution < -0.4 is 15.0 Å². The molecule has 1 aromatic carbocycles. The first kappa shape index (κ1) is 14.4. The van der Waals surface area contributed by atoms with Gasteiger partial charge in [-0.15, -0.1) is 0 Å². The number of rotatable bonds is 3. The van der Waals surface area contributed by atoms with Crippen LogP contribution in [-0.2, 0) is 9.53 Å². The molecule has 5 heteroatoms. The van der Waals surface area contributed by atoms with Crippen molar-refractivity contribution in [1.29, 1.82) is 0 Å². The number of benzene rings is 1. The van der Waals surface area contributed by atoms with Crippen LogP contribution in [0.15, 0.2) is 24.3 Å². The van der Waals surface area contributed by atoms with Crippen molar-refractivity contribution in [2.45, 2.75) is 18.9 Å². The molecule has 2 heterocycles. The summed E-state index contributed by atoms with van der Waals surface area (Å²) < 4.78 is 11.1. The highest BCUT2D eigenvalue weighted by atomic mass is 16.5. The van der Waals surface area contributed by atoms with Crippen LogP contribution in [0.25, 0.3) is 0 Å². The second kappa shape index (κ2) is 5.66. The fraction of sp³-hybridized carbons (Fsp3) is 0.562. The zero-order valence-electron chi connectivity index (χ0n) is 12.6. The summed E-state index contributed by atoms with van der Waals surface area (Å²) in [7, 11) is 1.64. The standard InChI is InChI=1S/C16H22N2O3/c1-16(12-7-8-17-9-12)11-18(15(19)10-21-16)13-3-5-14(20-2)6-4-13/h3-6,12,17H,7-11H2,1-2H3. The van der Waals surface area contributed by atoms with Crippen LogP contribution in [0.2, 0.25) is 0 Å². The minimum Gasteiger partial charge on any atom is -0.497 e. The van der Waals surface area contributed by atoms with Gasteiger partial charge in [-0.1, -0.05) is 0 Å². The quantitative estimate of drug-likeness (QED) is 0.915. The van der Waals surface area contributed by atoms with Gasteiger partial charge in [0.1, 0.15) is 12.4 Å². The van der Waals surface area contributed by atoms with Crippen LogP contribution >= 0.6 is 0 Å². The summed E-state index contributed by atoms with van der Waals surface area (Å²) in [4.78, 5) is 14.0. The Morgan fingerprint density at radius 1 is 1.38 bits per heavy atom. The Morgan fingerprint density at radius 3 is 2.76 bits per heavy atom. The lowest BCUT2D eigenvalue weighted by atomic mass is 9.86. The van der Waals surface area contributed by atoms with E-state index in [0.717, 1.165) is 30.9 Å². The van der Waals surface area contributed by atoms with Crippen LogP contribution in [-0.4, -0.2) is 44.9 Å². The number of morpholine rings is 1. The number of nitrogens with one attached hydrogen (secondary N) is 1. The first-order chi connectivity index (χ1) is 10.1. The molecule has 2 saturated heterocycles. The fourth-order valence-electron chi connectivity index (χ4n) is 3.17. The highest BCUT2D eigenvalue weighted by molar-refractivity contribution is 5.95. The topological polar surface area (TPSA) is 50.8 Å². The fourth-order valence-corrected chi connectivity index (χ4v) is 3.17. The maximum atomic E-state index is 12.2. The molecule has 1 N–H and O–H groups in total. The first-order valence-corrected chi connectivity index (χ1v) is 7.41. The number of carbonyl (C=O) groups is 1. The van der Waals surface area contributed by atoms with Crippen molar-refractivity contribution in [3.63, 3.8) is 0 Å². The third-order valence-corrected chi connectivity index (χ3v) is 4.61. The summed E-state index contributed by atoms with van der Waals surface area (Å²) >= 11 is 0. The predicted molar refractivity (Wildman–Crippen MR) is 80.7 cm³/mol. The van der Waals surface area contributed by atoms with Crippen molar-refractivity contribution in [1.82, 2.24) is 5.32 Å². The van der Waals surface area contributed by atoms with Crippen molar-refractivity contribution in [3.8, 4) is 5.75 Å². The molecule has 0 aliphatic carbocycles. The highest BCUT2D eigenvalue weighted by Gasteiger charge is 2.43. The molecule has 5 nitrogen and oxygen atoms in total. The van der Waals surface area contributed by atoms with Crippen LogP contribution in [0.1, 0.15) is 13.3 Å². The molecule has 0 aromatic heterocycles. The molecule has 0 radical (unpaired) electrons. The summed E-state index contributed by atoms with van der Waals surface area (Å²) in [5.74, 6) is 1.26. The molecule has 21 heavy (non-hydrogen) atoms. The first-order valence-electron chi connectivity index (χ1n) is 7.41. The molecule has 0 saturated carbocycles. The lowest BCUT2D eigenvalue weighted by Gasteiger charge is -2.43. The predicted octanol–water partition coefficient (Wildman–Crippen LogP) is 1.43. The van der Waals surface area contributed by atoms with Crippen LogP contribution in [0.4, 0.5) is 5.69 Å². The Balaban J connectivity index is 1.80. The number of carbonyl (C=O) groups excluding carboxylic acids is 1. The molecule has 2 atom stereocenters. The van der Waals surface area contributed by atoms with Crippen LogP contribution in [0.3, 0.4) is 0 Å². The van der Waals surface area contributed by atoms with E-state index in [2.05, 4.69) is 12.2 Å². The number of nitrogens with zero attached hydrogens (tertiary/aromatic N) is 1. The lowest BCUT2D eigenvalue weighted by Crippen LogP contribution is -2.57. The number of hydrogen-bond donors (Lipinski definition) is 1. The van der Waals surface area contributed by atoms with Gasteiger partial charge in [0.25, 0.3) is 5.91 Å². The Morgan fingerprint density at radius 2 is 2.14 bits per heavy atom. The van der Waals surface area contributed by atoms with E-state index in [1.54, 1.807) is 7.11 Å². The van der Waals surface area contributed by atoms with Crippen molar-refractivity contribution in [2.24, 2.45) is 5.92 Å². The molecule has 2 fully saturated rings. The van der Waals surface area contributed by atoms with E-state index >= 15 is 0 Å². The van der Waals surface area contributed by atoms with E-state index in [9.17, 15) is 4.79 Å². The molecule has 0 spiro atoms. The van der Waals surface area contributed by atoms with Gasteiger partial charge in [-0.25, -0.2) is 0 Å². The second-order valence-corrected chi connectivity index (χ2v) is 5.97. The average Bonchev–Trinajstić information content (AvgIpc) is 3.05. The Kier molecular flexibility index (Phi) is 3.87. The van der Waals surface area contributed by atoms with Gasteiger partial charge >= 0.3 is 0 Å². The summed E-state index contributed by atoms with van der Waals surface area (Å²) in [6.45, 7) is 4.86. The molecule has 2 aliphatic rings. The molecule has 3 rings (SSSR count). The minimum atomic E-state index is -0.280. The Bertz CT molecular complexity index is 511. The van der Waals surface area contributed by atoms with Crippen molar-refractivity contribution in [2.75, 3.05) is 38.3 Å². The van der Waals surface area contributed by atoms with Crippen molar-refractivity contribution in [3.05, 3.63) is 24.3 Å². The minimum absolute atomic E-state index is 0.0172. The molecule has 0 bridgehead atoms. The van der Waals surface area contributed by atoms with Gasteiger partial charge < -0.3 is 19.7 Å². The molecule has 2 unspecified atom stereocenters. The van der Waals surface area contributed by atoms with Crippen molar-refractivity contribution < 1.29 is 14.3 Å². The number of ether oxygens (including phenoxy) is 2. The average molecular weight is 290 g/mol. The summed E-state index contributed by atoms with van der Waals surface area (Å²) in [5, 5.41) is 3.38. The monoisotopic (exact) mass is 290 g/mol. The summed E-state index contributed by atoms with van der Waals surface area (Å²) in [6.07, 6.45) is 1.10. The number of hydrogen-bond acceptors (Lipinski definition) is 4. The maximum Gasteiger partial charge on any atom is 0.253 e. The molecule has 1 aromatic rings. The Labute approximate surface area is 125 Å². The second-order valence-electron chi connectivity index (χ2n) is 5.97. The summed E-state index contributed by atoms with van der Waals surface area (Å²) in [5.41, 5.74) is 0.624. The number of anilines is 1.